The van der Waals surface area contributed by atoms with Gasteiger partial charge in [0.25, 0.3) is 11.5 Å². The Labute approximate surface area is 154 Å². The zero-order chi connectivity index (χ0) is 17.8. The lowest BCUT2D eigenvalue weighted by Gasteiger charge is -2.10. The molecule has 1 aromatic heterocycles. The lowest BCUT2D eigenvalue weighted by atomic mass is 10.2. The zero-order valence-electron chi connectivity index (χ0n) is 13.1. The first-order chi connectivity index (χ1) is 12.0. The molecule has 0 saturated heterocycles. The average Bonchev–Trinajstić information content (AvgIpc) is 2.60. The minimum atomic E-state index is -0.471. The summed E-state index contributed by atoms with van der Waals surface area (Å²) in [6, 6.07) is 17.1. The highest BCUT2D eigenvalue weighted by Gasteiger charge is 2.13. The third-order valence-electron chi connectivity index (χ3n) is 3.67. The second kappa shape index (κ2) is 7.55. The lowest BCUT2D eigenvalue weighted by molar-refractivity contribution is 0.102. The van der Waals surface area contributed by atoms with E-state index in [-0.39, 0.29) is 11.1 Å². The van der Waals surface area contributed by atoms with Crippen LogP contribution in [0.25, 0.3) is 0 Å². The van der Waals surface area contributed by atoms with Gasteiger partial charge in [0, 0.05) is 21.9 Å². The molecular formula is C19H14Cl2N2O2. The minimum absolute atomic E-state index is 0.0597. The fourth-order valence-electron chi connectivity index (χ4n) is 2.38. The van der Waals surface area contributed by atoms with Gasteiger partial charge in [0.1, 0.15) is 5.56 Å². The second-order valence-corrected chi connectivity index (χ2v) is 6.25. The number of carbonyl (C=O) groups excluding carboxylic acids is 1. The van der Waals surface area contributed by atoms with Gasteiger partial charge < -0.3 is 9.88 Å². The van der Waals surface area contributed by atoms with Crippen LogP contribution in [0.2, 0.25) is 10.0 Å². The standard InChI is InChI=1S/C19H14Cl2N2O2/c20-14-7-9-15(10-8-14)22-18(24)16-5-3-11-23(19(16)25)12-13-4-1-2-6-17(13)21/h1-11H,12H2,(H,22,24). The summed E-state index contributed by atoms with van der Waals surface area (Å²) in [5, 5.41) is 3.84. The zero-order valence-corrected chi connectivity index (χ0v) is 14.6. The van der Waals surface area contributed by atoms with Crippen LogP contribution in [0.4, 0.5) is 5.69 Å². The number of aromatic nitrogens is 1. The van der Waals surface area contributed by atoms with E-state index in [1.54, 1.807) is 42.6 Å². The summed E-state index contributed by atoms with van der Waals surface area (Å²) in [6.07, 6.45) is 1.63. The van der Waals surface area contributed by atoms with E-state index in [9.17, 15) is 9.59 Å². The topological polar surface area (TPSA) is 51.1 Å². The molecule has 6 heteroatoms. The summed E-state index contributed by atoms with van der Waals surface area (Å²) < 4.78 is 1.46. The van der Waals surface area contributed by atoms with E-state index in [1.807, 2.05) is 18.2 Å². The predicted molar refractivity (Wildman–Crippen MR) is 101 cm³/mol. The van der Waals surface area contributed by atoms with Crippen LogP contribution >= 0.6 is 23.2 Å². The molecule has 0 radical (unpaired) electrons. The van der Waals surface area contributed by atoms with Gasteiger partial charge >= 0.3 is 0 Å². The summed E-state index contributed by atoms with van der Waals surface area (Å²) in [4.78, 5) is 25.0. The van der Waals surface area contributed by atoms with Gasteiger partial charge in [-0.2, -0.15) is 0 Å². The SMILES string of the molecule is O=C(Nc1ccc(Cl)cc1)c1cccn(Cc2ccccc2Cl)c1=O. The summed E-state index contributed by atoms with van der Waals surface area (Å²) in [5.74, 6) is -0.471. The van der Waals surface area contributed by atoms with E-state index in [1.165, 1.54) is 10.6 Å². The van der Waals surface area contributed by atoms with Crippen LogP contribution < -0.4 is 10.9 Å². The predicted octanol–water partition coefficient (Wildman–Crippen LogP) is 4.46. The molecular weight excluding hydrogens is 359 g/mol. The number of pyridine rings is 1. The number of rotatable bonds is 4. The lowest BCUT2D eigenvalue weighted by Crippen LogP contribution is -2.29. The van der Waals surface area contributed by atoms with Gasteiger partial charge in [-0.05, 0) is 48.0 Å². The smallest absolute Gasteiger partial charge is 0.263 e. The van der Waals surface area contributed by atoms with Crippen molar-refractivity contribution in [2.45, 2.75) is 6.54 Å². The van der Waals surface area contributed by atoms with Crippen molar-refractivity contribution in [3.05, 3.63) is 98.4 Å². The van der Waals surface area contributed by atoms with Crippen molar-refractivity contribution in [3.63, 3.8) is 0 Å². The Balaban J connectivity index is 1.85. The summed E-state index contributed by atoms with van der Waals surface area (Å²) in [7, 11) is 0. The molecule has 0 bridgehead atoms. The molecule has 1 heterocycles. The number of benzene rings is 2. The largest absolute Gasteiger partial charge is 0.322 e. The Kier molecular flexibility index (Phi) is 5.22. The molecule has 3 aromatic rings. The van der Waals surface area contributed by atoms with Crippen molar-refractivity contribution in [1.29, 1.82) is 0 Å². The molecule has 0 aliphatic heterocycles. The maximum absolute atomic E-state index is 12.6. The summed E-state index contributed by atoms with van der Waals surface area (Å²) in [6.45, 7) is 0.292. The number of nitrogens with zero attached hydrogens (tertiary/aromatic N) is 1. The molecule has 1 N–H and O–H groups in total. The molecule has 1 amide bonds. The number of hydrogen-bond donors (Lipinski definition) is 1. The number of carbonyl (C=O) groups is 1. The van der Waals surface area contributed by atoms with E-state index in [4.69, 9.17) is 23.2 Å². The van der Waals surface area contributed by atoms with Gasteiger partial charge in [-0.1, -0.05) is 41.4 Å². The van der Waals surface area contributed by atoms with Gasteiger partial charge in [0.2, 0.25) is 0 Å². The highest BCUT2D eigenvalue weighted by Crippen LogP contribution is 2.16. The van der Waals surface area contributed by atoms with Crippen LogP contribution in [0.15, 0.2) is 71.7 Å². The first-order valence-corrected chi connectivity index (χ1v) is 8.30. The third kappa shape index (κ3) is 4.10. The normalized spacial score (nSPS) is 10.5. The molecule has 0 saturated carbocycles. The van der Waals surface area contributed by atoms with E-state index in [2.05, 4.69) is 5.32 Å². The molecule has 0 fully saturated rings. The summed E-state index contributed by atoms with van der Waals surface area (Å²) >= 11 is 12.0. The number of amides is 1. The molecule has 3 rings (SSSR count). The van der Waals surface area contributed by atoms with Crippen LogP contribution in [-0.2, 0) is 6.54 Å². The van der Waals surface area contributed by atoms with E-state index in [0.29, 0.717) is 22.3 Å². The first kappa shape index (κ1) is 17.3. The molecule has 0 spiro atoms. The second-order valence-electron chi connectivity index (χ2n) is 5.41. The maximum atomic E-state index is 12.6. The Hall–Kier alpha value is -2.56. The monoisotopic (exact) mass is 372 g/mol. The van der Waals surface area contributed by atoms with Crippen molar-refractivity contribution in [3.8, 4) is 0 Å². The molecule has 126 valence electrons. The molecule has 25 heavy (non-hydrogen) atoms. The molecule has 0 unspecified atom stereocenters. The van der Waals surface area contributed by atoms with Crippen molar-refractivity contribution >= 4 is 34.8 Å². The Bertz CT molecular complexity index is 966. The Morgan fingerprint density at radius 3 is 2.40 bits per heavy atom. The van der Waals surface area contributed by atoms with Gasteiger partial charge in [0.05, 0.1) is 6.54 Å². The van der Waals surface area contributed by atoms with E-state index in [0.717, 1.165) is 5.56 Å². The Morgan fingerprint density at radius 1 is 0.960 bits per heavy atom. The fraction of sp³-hybridized carbons (Fsp3) is 0.0526. The minimum Gasteiger partial charge on any atom is -0.322 e. The van der Waals surface area contributed by atoms with E-state index >= 15 is 0 Å². The number of hydrogen-bond acceptors (Lipinski definition) is 2. The van der Waals surface area contributed by atoms with E-state index < -0.39 is 5.91 Å². The van der Waals surface area contributed by atoms with Gasteiger partial charge in [0.15, 0.2) is 0 Å². The van der Waals surface area contributed by atoms with Crippen molar-refractivity contribution < 1.29 is 4.79 Å². The quantitative estimate of drug-likeness (QED) is 0.734. The molecule has 0 aliphatic carbocycles. The van der Waals surface area contributed by atoms with Crippen LogP contribution in [0.3, 0.4) is 0 Å². The van der Waals surface area contributed by atoms with Gasteiger partial charge in [-0.3, -0.25) is 9.59 Å². The van der Waals surface area contributed by atoms with Crippen molar-refractivity contribution in [2.24, 2.45) is 0 Å². The molecule has 2 aromatic carbocycles. The summed E-state index contributed by atoms with van der Waals surface area (Å²) in [5.41, 5.74) is 1.05. The number of halogens is 2. The molecule has 0 atom stereocenters. The highest BCUT2D eigenvalue weighted by atomic mass is 35.5. The number of anilines is 1. The molecule has 4 nitrogen and oxygen atoms in total. The molecule has 0 aliphatic rings. The highest BCUT2D eigenvalue weighted by molar-refractivity contribution is 6.31. The number of nitrogens with one attached hydrogen (secondary N) is 1. The first-order valence-electron chi connectivity index (χ1n) is 7.54. The van der Waals surface area contributed by atoms with Crippen molar-refractivity contribution in [1.82, 2.24) is 4.57 Å². The third-order valence-corrected chi connectivity index (χ3v) is 4.29. The Morgan fingerprint density at radius 2 is 1.68 bits per heavy atom. The van der Waals surface area contributed by atoms with Crippen molar-refractivity contribution in [2.75, 3.05) is 5.32 Å². The van der Waals surface area contributed by atoms with Gasteiger partial charge in [-0.15, -0.1) is 0 Å². The van der Waals surface area contributed by atoms with Crippen LogP contribution in [0, 0.1) is 0 Å². The van der Waals surface area contributed by atoms with Crippen LogP contribution in [0.1, 0.15) is 15.9 Å². The van der Waals surface area contributed by atoms with Gasteiger partial charge in [-0.25, -0.2) is 0 Å². The fourth-order valence-corrected chi connectivity index (χ4v) is 2.70. The average molecular weight is 373 g/mol. The van der Waals surface area contributed by atoms with Crippen LogP contribution in [-0.4, -0.2) is 10.5 Å². The van der Waals surface area contributed by atoms with Crippen LogP contribution in [0.5, 0.6) is 0 Å². The maximum Gasteiger partial charge on any atom is 0.263 e.